The Morgan fingerprint density at radius 2 is 2.36 bits per heavy atom. The van der Waals surface area contributed by atoms with E-state index in [1.807, 2.05) is 0 Å². The third-order valence-electron chi connectivity index (χ3n) is 1.63. The molecule has 0 unspecified atom stereocenters. The van der Waals surface area contributed by atoms with Crippen LogP contribution in [0.25, 0.3) is 0 Å². The van der Waals surface area contributed by atoms with Crippen molar-refractivity contribution in [1.82, 2.24) is 4.90 Å². The first-order valence-corrected chi connectivity index (χ1v) is 4.34. The number of hydrogen-bond acceptors (Lipinski definition) is 4. The molecule has 2 rings (SSSR count). The van der Waals surface area contributed by atoms with E-state index in [9.17, 15) is 9.59 Å². The zero-order valence-corrected chi connectivity index (χ0v) is 6.60. The van der Waals surface area contributed by atoms with Crippen molar-refractivity contribution in [1.29, 1.82) is 0 Å². The van der Waals surface area contributed by atoms with Crippen LogP contribution in [0.15, 0.2) is 0 Å². The molecule has 2 fully saturated rings. The van der Waals surface area contributed by atoms with Crippen LogP contribution in [-0.4, -0.2) is 41.1 Å². The summed E-state index contributed by atoms with van der Waals surface area (Å²) in [6, 6.07) is 0. The van der Waals surface area contributed by atoms with E-state index in [4.69, 9.17) is 4.74 Å². The SMILES string of the molecule is O=C1CSC(=O)N1C[C@H]1CO1. The molecule has 0 spiro atoms. The van der Waals surface area contributed by atoms with Crippen molar-refractivity contribution in [3.05, 3.63) is 0 Å². The third-order valence-corrected chi connectivity index (χ3v) is 2.49. The van der Waals surface area contributed by atoms with E-state index < -0.39 is 0 Å². The van der Waals surface area contributed by atoms with Gasteiger partial charge in [-0.05, 0) is 0 Å². The van der Waals surface area contributed by atoms with Gasteiger partial charge in [0.2, 0.25) is 5.91 Å². The molecule has 0 radical (unpaired) electrons. The van der Waals surface area contributed by atoms with Gasteiger partial charge in [0.25, 0.3) is 5.24 Å². The molecule has 11 heavy (non-hydrogen) atoms. The van der Waals surface area contributed by atoms with E-state index >= 15 is 0 Å². The first-order chi connectivity index (χ1) is 5.27. The van der Waals surface area contributed by atoms with Gasteiger partial charge in [-0.2, -0.15) is 0 Å². The molecular weight excluding hydrogens is 166 g/mol. The maximum absolute atomic E-state index is 11.0. The lowest BCUT2D eigenvalue weighted by atomic mass is 10.4. The second-order valence-electron chi connectivity index (χ2n) is 2.51. The number of carbonyl (C=O) groups excluding carboxylic acids is 2. The number of carbonyl (C=O) groups is 2. The van der Waals surface area contributed by atoms with Gasteiger partial charge in [-0.25, -0.2) is 0 Å². The minimum Gasteiger partial charge on any atom is -0.371 e. The summed E-state index contributed by atoms with van der Waals surface area (Å²) in [5.74, 6) is 0.210. The lowest BCUT2D eigenvalue weighted by Crippen LogP contribution is -2.32. The molecule has 2 saturated heterocycles. The standard InChI is InChI=1S/C6H7NO3S/c8-5-3-11-6(9)7(5)1-4-2-10-4/h4H,1-3H2/t4-/m0/s1. The maximum atomic E-state index is 11.0. The molecule has 4 nitrogen and oxygen atoms in total. The fourth-order valence-corrected chi connectivity index (χ4v) is 1.67. The van der Waals surface area contributed by atoms with Crippen LogP contribution in [0.3, 0.4) is 0 Å². The number of amides is 2. The van der Waals surface area contributed by atoms with Gasteiger partial charge in [0.05, 0.1) is 25.0 Å². The lowest BCUT2D eigenvalue weighted by molar-refractivity contribution is -0.124. The maximum Gasteiger partial charge on any atom is 0.288 e. The van der Waals surface area contributed by atoms with Crippen molar-refractivity contribution in [3.63, 3.8) is 0 Å². The lowest BCUT2D eigenvalue weighted by Gasteiger charge is -2.09. The first kappa shape index (κ1) is 7.12. The molecule has 0 saturated carbocycles. The van der Waals surface area contributed by atoms with Gasteiger partial charge < -0.3 is 4.74 Å². The van der Waals surface area contributed by atoms with Gasteiger partial charge in [-0.3, -0.25) is 14.5 Å². The molecule has 0 aliphatic carbocycles. The van der Waals surface area contributed by atoms with Gasteiger partial charge in [0.1, 0.15) is 0 Å². The van der Waals surface area contributed by atoms with E-state index in [0.717, 1.165) is 11.8 Å². The van der Waals surface area contributed by atoms with Crippen LogP contribution in [0.1, 0.15) is 0 Å². The number of imide groups is 1. The highest BCUT2D eigenvalue weighted by Gasteiger charge is 2.35. The molecule has 0 bridgehead atoms. The average Bonchev–Trinajstić information content (AvgIpc) is 2.73. The Morgan fingerprint density at radius 3 is 2.82 bits per heavy atom. The van der Waals surface area contributed by atoms with Crippen LogP contribution in [0.2, 0.25) is 0 Å². The van der Waals surface area contributed by atoms with Crippen LogP contribution in [0.4, 0.5) is 4.79 Å². The Bertz CT molecular complexity index is 198. The summed E-state index contributed by atoms with van der Waals surface area (Å²) < 4.78 is 4.91. The number of epoxide rings is 1. The average molecular weight is 173 g/mol. The van der Waals surface area contributed by atoms with Gasteiger partial charge in [-0.15, -0.1) is 0 Å². The van der Waals surface area contributed by atoms with E-state index in [0.29, 0.717) is 18.9 Å². The van der Waals surface area contributed by atoms with E-state index in [1.165, 1.54) is 4.90 Å². The Kier molecular flexibility index (Phi) is 1.61. The van der Waals surface area contributed by atoms with Gasteiger partial charge in [-0.1, -0.05) is 11.8 Å². The number of ether oxygens (including phenoxy) is 1. The number of hydrogen-bond donors (Lipinski definition) is 0. The summed E-state index contributed by atoms with van der Waals surface area (Å²) in [5.41, 5.74) is 0. The molecule has 2 aliphatic heterocycles. The molecule has 0 aromatic rings. The second-order valence-corrected chi connectivity index (χ2v) is 3.44. The quantitative estimate of drug-likeness (QED) is 0.555. The highest BCUT2D eigenvalue weighted by molar-refractivity contribution is 8.14. The zero-order valence-electron chi connectivity index (χ0n) is 5.78. The fourth-order valence-electron chi connectivity index (χ4n) is 0.935. The fraction of sp³-hybridized carbons (Fsp3) is 0.667. The predicted molar refractivity (Wildman–Crippen MR) is 39.3 cm³/mol. The van der Waals surface area contributed by atoms with E-state index in [-0.39, 0.29) is 17.3 Å². The van der Waals surface area contributed by atoms with Crippen molar-refractivity contribution in [2.24, 2.45) is 0 Å². The minimum absolute atomic E-state index is 0.0875. The smallest absolute Gasteiger partial charge is 0.288 e. The Labute approximate surface area is 67.9 Å². The molecule has 2 heterocycles. The number of thioether (sulfide) groups is 1. The summed E-state index contributed by atoms with van der Waals surface area (Å²) in [7, 11) is 0. The topological polar surface area (TPSA) is 49.9 Å². The summed E-state index contributed by atoms with van der Waals surface area (Å²) in [6.07, 6.45) is 0.113. The van der Waals surface area contributed by atoms with Crippen molar-refractivity contribution in [2.75, 3.05) is 18.9 Å². The van der Waals surface area contributed by atoms with Crippen LogP contribution in [0, 0.1) is 0 Å². The van der Waals surface area contributed by atoms with Crippen molar-refractivity contribution in [3.8, 4) is 0 Å². The molecule has 60 valence electrons. The van der Waals surface area contributed by atoms with Crippen molar-refractivity contribution >= 4 is 22.9 Å². The summed E-state index contributed by atoms with van der Waals surface area (Å²) in [5, 5.41) is -0.134. The summed E-state index contributed by atoms with van der Waals surface area (Å²) in [6.45, 7) is 1.13. The highest BCUT2D eigenvalue weighted by atomic mass is 32.2. The third kappa shape index (κ3) is 1.39. The first-order valence-electron chi connectivity index (χ1n) is 3.36. The molecule has 0 N–H and O–H groups in total. The molecule has 1 atom stereocenters. The zero-order chi connectivity index (χ0) is 7.84. The predicted octanol–water partition coefficient (Wildman–Crippen LogP) is 0.0806. The largest absolute Gasteiger partial charge is 0.371 e. The monoisotopic (exact) mass is 173 g/mol. The Hall–Kier alpha value is -0.550. The van der Waals surface area contributed by atoms with Crippen LogP contribution < -0.4 is 0 Å². The second kappa shape index (κ2) is 2.49. The molecular formula is C6H7NO3S. The van der Waals surface area contributed by atoms with Gasteiger partial charge >= 0.3 is 0 Å². The van der Waals surface area contributed by atoms with E-state index in [1.54, 1.807) is 0 Å². The van der Waals surface area contributed by atoms with Crippen LogP contribution in [-0.2, 0) is 9.53 Å². The Balaban J connectivity index is 1.97. The minimum atomic E-state index is -0.134. The Morgan fingerprint density at radius 1 is 1.64 bits per heavy atom. The van der Waals surface area contributed by atoms with Gasteiger partial charge in [0, 0.05) is 0 Å². The number of rotatable bonds is 2. The highest BCUT2D eigenvalue weighted by Crippen LogP contribution is 2.21. The van der Waals surface area contributed by atoms with Crippen molar-refractivity contribution < 1.29 is 14.3 Å². The molecule has 2 aliphatic rings. The summed E-state index contributed by atoms with van der Waals surface area (Å²) >= 11 is 1.07. The number of nitrogens with zero attached hydrogens (tertiary/aromatic N) is 1. The van der Waals surface area contributed by atoms with Crippen LogP contribution in [0.5, 0.6) is 0 Å². The molecule has 0 aromatic heterocycles. The van der Waals surface area contributed by atoms with Crippen LogP contribution >= 0.6 is 11.8 Å². The molecule has 5 heteroatoms. The van der Waals surface area contributed by atoms with Crippen molar-refractivity contribution in [2.45, 2.75) is 6.10 Å². The van der Waals surface area contributed by atoms with E-state index in [2.05, 4.69) is 0 Å². The molecule has 0 aromatic carbocycles. The summed E-state index contributed by atoms with van der Waals surface area (Å²) in [4.78, 5) is 23.2. The van der Waals surface area contributed by atoms with Gasteiger partial charge in [0.15, 0.2) is 0 Å². The normalized spacial score (nSPS) is 29.8. The molecule has 2 amide bonds.